The molecule has 10 nitrogen and oxygen atoms in total. The van der Waals surface area contributed by atoms with Gasteiger partial charge < -0.3 is 32.3 Å². The van der Waals surface area contributed by atoms with E-state index in [1.165, 1.54) is 18.2 Å². The van der Waals surface area contributed by atoms with Crippen molar-refractivity contribution in [2.45, 2.75) is 0 Å². The third-order valence-corrected chi connectivity index (χ3v) is 7.37. The predicted molar refractivity (Wildman–Crippen MR) is 180 cm³/mol. The monoisotopic (exact) mass is 664 g/mol. The SMILES string of the molecule is Nc1nc(NCCO)c2ccc(-c3c(Cl)cccc3Cl)cc2n1.Nc1nc(NCCO)c2ccc(-c3c(F)cccc3F)cc2n1. The quantitative estimate of drug-likeness (QED) is 0.111. The molecule has 6 rings (SSSR count). The summed E-state index contributed by atoms with van der Waals surface area (Å²) in [7, 11) is 0. The van der Waals surface area contributed by atoms with Gasteiger partial charge in [0, 0.05) is 39.5 Å². The number of aliphatic hydroxyl groups excluding tert-OH is 2. The molecule has 0 atom stereocenters. The maximum absolute atomic E-state index is 13.9. The number of hydrogen-bond donors (Lipinski definition) is 6. The van der Waals surface area contributed by atoms with Crippen molar-refractivity contribution in [1.29, 1.82) is 0 Å². The Morgan fingerprint density at radius 3 is 1.50 bits per heavy atom. The van der Waals surface area contributed by atoms with Gasteiger partial charge in [-0.1, -0.05) is 47.5 Å². The molecule has 0 amide bonds. The van der Waals surface area contributed by atoms with Crippen molar-refractivity contribution in [3.63, 3.8) is 0 Å². The Morgan fingerprint density at radius 1 is 0.609 bits per heavy atom. The van der Waals surface area contributed by atoms with Gasteiger partial charge in [0.15, 0.2) is 0 Å². The van der Waals surface area contributed by atoms with Gasteiger partial charge in [-0.2, -0.15) is 9.97 Å². The number of hydrogen-bond acceptors (Lipinski definition) is 10. The van der Waals surface area contributed by atoms with Gasteiger partial charge in [-0.15, -0.1) is 0 Å². The molecule has 0 unspecified atom stereocenters. The number of benzene rings is 4. The highest BCUT2D eigenvalue weighted by Crippen LogP contribution is 2.36. The molecule has 236 valence electrons. The van der Waals surface area contributed by atoms with Crippen molar-refractivity contribution in [3.05, 3.63) is 94.5 Å². The minimum Gasteiger partial charge on any atom is -0.395 e. The molecule has 0 spiro atoms. The summed E-state index contributed by atoms with van der Waals surface area (Å²) < 4.78 is 27.8. The summed E-state index contributed by atoms with van der Waals surface area (Å²) in [5, 5.41) is 26.4. The first-order valence-corrected chi connectivity index (χ1v) is 14.7. The number of nitrogens with two attached hydrogens (primary N) is 2. The first-order valence-electron chi connectivity index (χ1n) is 13.9. The summed E-state index contributed by atoms with van der Waals surface area (Å²) >= 11 is 12.5. The maximum atomic E-state index is 13.9. The molecule has 0 aliphatic rings. The van der Waals surface area contributed by atoms with Crippen molar-refractivity contribution in [2.24, 2.45) is 0 Å². The van der Waals surface area contributed by atoms with Crippen molar-refractivity contribution < 1.29 is 19.0 Å². The van der Waals surface area contributed by atoms with E-state index in [4.69, 9.17) is 44.9 Å². The summed E-state index contributed by atoms with van der Waals surface area (Å²) in [6, 6.07) is 19.5. The van der Waals surface area contributed by atoms with Crippen LogP contribution in [-0.4, -0.2) is 56.5 Å². The zero-order valence-electron chi connectivity index (χ0n) is 24.1. The van der Waals surface area contributed by atoms with Crippen LogP contribution in [0.5, 0.6) is 0 Å². The second kappa shape index (κ2) is 14.5. The fraction of sp³-hybridized carbons (Fsp3) is 0.125. The molecule has 0 radical (unpaired) electrons. The number of fused-ring (bicyclic) bond motifs is 2. The zero-order chi connectivity index (χ0) is 32.8. The van der Waals surface area contributed by atoms with Gasteiger partial charge in [-0.05, 0) is 59.7 Å². The van der Waals surface area contributed by atoms with E-state index >= 15 is 0 Å². The number of rotatable bonds is 8. The lowest BCUT2D eigenvalue weighted by atomic mass is 10.0. The zero-order valence-corrected chi connectivity index (χ0v) is 25.6. The third kappa shape index (κ3) is 7.16. The van der Waals surface area contributed by atoms with Gasteiger partial charge in [0.25, 0.3) is 0 Å². The van der Waals surface area contributed by atoms with Crippen LogP contribution in [0.4, 0.5) is 32.3 Å². The second-order valence-electron chi connectivity index (χ2n) is 9.82. The molecular weight excluding hydrogens is 637 g/mol. The van der Waals surface area contributed by atoms with E-state index in [9.17, 15) is 8.78 Å². The highest BCUT2D eigenvalue weighted by molar-refractivity contribution is 6.39. The van der Waals surface area contributed by atoms with E-state index in [1.807, 2.05) is 18.2 Å². The first kappa shape index (κ1) is 32.5. The predicted octanol–water partition coefficient (Wildman–Crippen LogP) is 6.15. The molecule has 0 saturated carbocycles. The van der Waals surface area contributed by atoms with Gasteiger partial charge in [-0.3, -0.25) is 0 Å². The Morgan fingerprint density at radius 2 is 1.04 bits per heavy atom. The lowest BCUT2D eigenvalue weighted by Gasteiger charge is -2.11. The van der Waals surface area contributed by atoms with Crippen LogP contribution in [0.1, 0.15) is 0 Å². The molecule has 0 saturated heterocycles. The molecule has 2 heterocycles. The summed E-state index contributed by atoms with van der Waals surface area (Å²) in [6.07, 6.45) is 0. The molecule has 0 aliphatic heterocycles. The second-order valence-corrected chi connectivity index (χ2v) is 10.6. The topological polar surface area (TPSA) is 168 Å². The fourth-order valence-electron chi connectivity index (χ4n) is 4.77. The Balaban J connectivity index is 0.000000181. The normalized spacial score (nSPS) is 10.9. The Bertz CT molecular complexity index is 1850. The van der Waals surface area contributed by atoms with E-state index in [1.54, 1.807) is 36.4 Å². The van der Waals surface area contributed by atoms with Gasteiger partial charge in [0.2, 0.25) is 11.9 Å². The van der Waals surface area contributed by atoms with Crippen LogP contribution in [0, 0.1) is 11.6 Å². The molecule has 14 heteroatoms. The van der Waals surface area contributed by atoms with Crippen LogP contribution in [-0.2, 0) is 0 Å². The van der Waals surface area contributed by atoms with Crippen LogP contribution in [0.15, 0.2) is 72.8 Å². The smallest absolute Gasteiger partial charge is 0.222 e. The van der Waals surface area contributed by atoms with Gasteiger partial charge in [0.05, 0.1) is 29.8 Å². The van der Waals surface area contributed by atoms with Crippen molar-refractivity contribution in [3.8, 4) is 22.3 Å². The van der Waals surface area contributed by atoms with E-state index < -0.39 is 11.6 Å². The Hall–Kier alpha value is -4.88. The molecule has 0 fully saturated rings. The van der Waals surface area contributed by atoms with Gasteiger partial charge >= 0.3 is 0 Å². The van der Waals surface area contributed by atoms with Gasteiger partial charge in [0.1, 0.15) is 23.3 Å². The van der Waals surface area contributed by atoms with E-state index in [2.05, 4.69) is 30.6 Å². The lowest BCUT2D eigenvalue weighted by molar-refractivity contribution is 0.310. The van der Waals surface area contributed by atoms with Crippen molar-refractivity contribution in [2.75, 3.05) is 48.4 Å². The molecular formula is C32H28Cl2F2N8O2. The molecule has 46 heavy (non-hydrogen) atoms. The number of anilines is 4. The number of halogens is 4. The number of aliphatic hydroxyl groups is 2. The van der Waals surface area contributed by atoms with E-state index in [0.717, 1.165) is 16.5 Å². The lowest BCUT2D eigenvalue weighted by Crippen LogP contribution is -2.09. The minimum atomic E-state index is -0.648. The third-order valence-electron chi connectivity index (χ3n) is 6.74. The van der Waals surface area contributed by atoms with Gasteiger partial charge in [-0.25, -0.2) is 18.7 Å². The van der Waals surface area contributed by atoms with Crippen LogP contribution >= 0.6 is 23.2 Å². The van der Waals surface area contributed by atoms with Crippen LogP contribution in [0.25, 0.3) is 44.1 Å². The molecule has 6 aromatic rings. The fourth-order valence-corrected chi connectivity index (χ4v) is 5.39. The van der Waals surface area contributed by atoms with Crippen LogP contribution < -0.4 is 22.1 Å². The highest BCUT2D eigenvalue weighted by Gasteiger charge is 2.14. The average Bonchev–Trinajstić information content (AvgIpc) is 3.02. The van der Waals surface area contributed by atoms with E-state index in [-0.39, 0.29) is 30.7 Å². The number of nitrogens with one attached hydrogen (secondary N) is 2. The van der Waals surface area contributed by atoms with Crippen molar-refractivity contribution in [1.82, 2.24) is 19.9 Å². The summed E-state index contributed by atoms with van der Waals surface area (Å²) in [5.41, 5.74) is 14.4. The summed E-state index contributed by atoms with van der Waals surface area (Å²) in [5.74, 6) is -0.0695. The Labute approximate surface area is 272 Å². The number of aromatic nitrogens is 4. The van der Waals surface area contributed by atoms with Crippen LogP contribution in [0.2, 0.25) is 10.0 Å². The van der Waals surface area contributed by atoms with Crippen molar-refractivity contribution >= 4 is 68.5 Å². The largest absolute Gasteiger partial charge is 0.395 e. The van der Waals surface area contributed by atoms with Crippen LogP contribution in [0.3, 0.4) is 0 Å². The molecule has 0 aliphatic carbocycles. The van der Waals surface area contributed by atoms with E-state index in [0.29, 0.717) is 56.8 Å². The molecule has 4 aromatic carbocycles. The maximum Gasteiger partial charge on any atom is 0.222 e. The minimum absolute atomic E-state index is 0.00127. The molecule has 0 bridgehead atoms. The summed E-state index contributed by atoms with van der Waals surface area (Å²) in [6.45, 7) is 0.613. The number of nitrogens with zero attached hydrogens (tertiary/aromatic N) is 4. The highest BCUT2D eigenvalue weighted by atomic mass is 35.5. The molecule has 2 aromatic heterocycles. The summed E-state index contributed by atoms with van der Waals surface area (Å²) in [4.78, 5) is 16.6. The standard InChI is InChI=1S/C16H14Cl2N4O.C16H14F2N4O/c2*17-11-2-1-3-12(18)14(11)9-4-5-10-13(8-9)21-16(19)22-15(10)20-6-7-23/h2*1-5,8,23H,6-7H2,(H3,19,20,21,22). The first-order chi connectivity index (χ1) is 22.2. The number of nitrogen functional groups attached to an aromatic ring is 2. The Kier molecular flexibility index (Phi) is 10.2. The average molecular weight is 666 g/mol. The molecule has 8 N–H and O–H groups in total.